The van der Waals surface area contributed by atoms with Gasteiger partial charge in [0.25, 0.3) is 0 Å². The van der Waals surface area contributed by atoms with Gasteiger partial charge in [0.2, 0.25) is 0 Å². The van der Waals surface area contributed by atoms with Gasteiger partial charge in [-0.3, -0.25) is 9.49 Å². The van der Waals surface area contributed by atoms with Crippen molar-refractivity contribution in [2.45, 2.75) is 123 Å². The van der Waals surface area contributed by atoms with Crippen LogP contribution in [0.25, 0.3) is 0 Å². The van der Waals surface area contributed by atoms with Crippen LogP contribution in [0.4, 0.5) is 11.4 Å². The molecule has 6 aromatic carbocycles. The monoisotopic (exact) mass is 846 g/mol. The van der Waals surface area contributed by atoms with Crippen LogP contribution in [0.2, 0.25) is 0 Å². The van der Waals surface area contributed by atoms with E-state index in [-0.39, 0.29) is 29.7 Å². The Morgan fingerprint density at radius 2 is 0.689 bits per heavy atom. The van der Waals surface area contributed by atoms with Crippen molar-refractivity contribution in [1.29, 1.82) is 0 Å². The third-order valence-electron chi connectivity index (χ3n) is 12.6. The first kappa shape index (κ1) is 44.7. The predicted molar refractivity (Wildman–Crippen MR) is 267 cm³/mol. The van der Waals surface area contributed by atoms with Crippen LogP contribution in [-0.2, 0) is 0 Å². The second kappa shape index (κ2) is 19.8. The molecule has 0 radical (unpaired) electrons. The van der Waals surface area contributed by atoms with Crippen LogP contribution in [0.1, 0.15) is 133 Å². The second-order valence-corrected chi connectivity index (χ2v) is 24.7. The number of nitrogens with zero attached hydrogens (tertiary/aromatic N) is 3. The summed E-state index contributed by atoms with van der Waals surface area (Å²) in [5, 5.41) is 23.0. The fourth-order valence-corrected chi connectivity index (χ4v) is 20.3. The molecule has 6 aromatic rings. The van der Waals surface area contributed by atoms with E-state index in [2.05, 4.69) is 213 Å². The van der Waals surface area contributed by atoms with Crippen LogP contribution in [0, 0.1) is 5.21 Å². The number of rotatable bonds is 14. The highest BCUT2D eigenvalue weighted by molar-refractivity contribution is 7.97. The van der Waals surface area contributed by atoms with Crippen molar-refractivity contribution in [1.82, 2.24) is 5.06 Å². The summed E-state index contributed by atoms with van der Waals surface area (Å²) in [6.07, 6.45) is 4.93. The average molecular weight is 847 g/mol. The Kier molecular flexibility index (Phi) is 14.5. The van der Waals surface area contributed by atoms with Gasteiger partial charge in [-0.2, -0.15) is 0 Å². The SMILES string of the molecule is CC(C)c1cccc(C(C)C)c1N=P(c1ccccc1)(c1ccccc1)C(N([O-])C1CCCCC1)P(=Nc1c(C(C)C)cccc1C(C)C)(c1ccccc1)c1ccccc1. The summed E-state index contributed by atoms with van der Waals surface area (Å²) in [6, 6.07) is 57.1. The summed E-state index contributed by atoms with van der Waals surface area (Å²) in [7, 11) is -6.52. The first-order valence-electron chi connectivity index (χ1n) is 22.7. The molecule has 0 heterocycles. The average Bonchev–Trinajstić information content (AvgIpc) is 3.29. The Balaban J connectivity index is 1.85. The zero-order valence-corrected chi connectivity index (χ0v) is 39.4. The maximum absolute atomic E-state index is 17.0. The molecule has 0 atom stereocenters. The second-order valence-electron chi connectivity index (χ2n) is 18.1. The molecule has 0 aliphatic heterocycles. The predicted octanol–water partition coefficient (Wildman–Crippen LogP) is 15.3. The van der Waals surface area contributed by atoms with E-state index in [0.29, 0.717) is 0 Å². The molecule has 1 aliphatic carbocycles. The van der Waals surface area contributed by atoms with Gasteiger partial charge < -0.3 is 10.3 Å². The lowest BCUT2D eigenvalue weighted by Gasteiger charge is -2.54. The van der Waals surface area contributed by atoms with Crippen molar-refractivity contribution in [3.63, 3.8) is 0 Å². The molecule has 7 rings (SSSR count). The smallest absolute Gasteiger partial charge is 0.0852 e. The lowest BCUT2D eigenvalue weighted by molar-refractivity contribution is 0.232. The Labute approximate surface area is 367 Å². The fourth-order valence-electron chi connectivity index (χ4n) is 9.45. The Hall–Kier alpha value is -4.30. The van der Waals surface area contributed by atoms with Gasteiger partial charge >= 0.3 is 0 Å². The van der Waals surface area contributed by atoms with Crippen LogP contribution in [0.15, 0.2) is 167 Å². The van der Waals surface area contributed by atoms with Crippen molar-refractivity contribution in [2.24, 2.45) is 9.49 Å². The number of hydrogen-bond acceptors (Lipinski definition) is 4. The molecule has 0 bridgehead atoms. The standard InChI is InChI=1S/C55H66N3OP2/c1-40(2)49-36-24-37-50(41(3)4)53(49)56-60(45-28-16-10-17-29-45,46-30-18-11-19-31-46)55(58(59)44-26-14-9-15-27-44)61(47-32-20-12-21-33-47,48-34-22-13-23-35-48)57-54-51(42(5)6)38-25-39-52(54)43(7)8/h10-13,16-25,28-44,55H,9,14-15,26-27H2,1-8H3/q-1. The van der Waals surface area contributed by atoms with E-state index < -0.39 is 19.6 Å². The van der Waals surface area contributed by atoms with Crippen LogP contribution < -0.4 is 21.2 Å². The fraction of sp³-hybridized carbons (Fsp3) is 0.345. The van der Waals surface area contributed by atoms with E-state index in [1.807, 2.05) is 0 Å². The minimum atomic E-state index is -3.26. The van der Waals surface area contributed by atoms with E-state index in [4.69, 9.17) is 9.49 Å². The molecular formula is C55H66N3OP2-. The number of hydroxylamine groups is 2. The van der Waals surface area contributed by atoms with Crippen molar-refractivity contribution in [3.8, 4) is 0 Å². The third-order valence-corrected chi connectivity index (χ3v) is 21.8. The van der Waals surface area contributed by atoms with Crippen LogP contribution in [0.3, 0.4) is 0 Å². The molecule has 1 fully saturated rings. The van der Waals surface area contributed by atoms with E-state index in [0.717, 1.165) is 64.7 Å². The van der Waals surface area contributed by atoms with Crippen molar-refractivity contribution in [3.05, 3.63) is 185 Å². The van der Waals surface area contributed by atoms with Crippen LogP contribution in [0.5, 0.6) is 0 Å². The topological polar surface area (TPSA) is 51.0 Å². The molecular weight excluding hydrogens is 781 g/mol. The third kappa shape index (κ3) is 8.99. The lowest BCUT2D eigenvalue weighted by atomic mass is 9.93. The lowest BCUT2D eigenvalue weighted by Crippen LogP contribution is -2.47. The van der Waals surface area contributed by atoms with Gasteiger partial charge in [0, 0.05) is 0 Å². The summed E-state index contributed by atoms with van der Waals surface area (Å²) in [5.74, 6) is 0.852. The van der Waals surface area contributed by atoms with Gasteiger partial charge in [-0.15, -0.1) is 0 Å². The molecule has 4 nitrogen and oxygen atoms in total. The van der Waals surface area contributed by atoms with E-state index in [1.165, 1.54) is 22.3 Å². The molecule has 318 valence electrons. The summed E-state index contributed by atoms with van der Waals surface area (Å²) in [4.78, 5) is 0. The first-order valence-corrected chi connectivity index (χ1v) is 26.3. The Bertz CT molecular complexity index is 2150. The van der Waals surface area contributed by atoms with E-state index in [1.54, 1.807) is 5.06 Å². The van der Waals surface area contributed by atoms with Gasteiger partial charge in [0.15, 0.2) is 0 Å². The minimum Gasteiger partial charge on any atom is -0.784 e. The van der Waals surface area contributed by atoms with Gasteiger partial charge in [0.05, 0.1) is 31.0 Å². The van der Waals surface area contributed by atoms with Gasteiger partial charge in [-0.1, -0.05) is 232 Å². The summed E-state index contributed by atoms with van der Waals surface area (Å²) in [5.41, 5.74) is 6.22. The molecule has 0 N–H and O–H groups in total. The highest BCUT2D eigenvalue weighted by Gasteiger charge is 2.49. The molecule has 6 heteroatoms. The van der Waals surface area contributed by atoms with Crippen molar-refractivity contribution in [2.75, 3.05) is 0 Å². The summed E-state index contributed by atoms with van der Waals surface area (Å²) >= 11 is 0. The van der Waals surface area contributed by atoms with Gasteiger partial charge in [-0.25, -0.2) is 0 Å². The van der Waals surface area contributed by atoms with Gasteiger partial charge in [0.1, 0.15) is 0 Å². The minimum absolute atomic E-state index is 0.183. The largest absolute Gasteiger partial charge is 0.784 e. The molecule has 0 amide bonds. The van der Waals surface area contributed by atoms with Crippen molar-refractivity contribution >= 4 is 46.7 Å². The molecule has 1 aliphatic rings. The maximum Gasteiger partial charge on any atom is 0.0852 e. The highest BCUT2D eigenvalue weighted by atomic mass is 31.2. The van der Waals surface area contributed by atoms with Crippen LogP contribution in [-0.4, -0.2) is 16.6 Å². The maximum atomic E-state index is 17.0. The Morgan fingerprint density at radius 1 is 0.410 bits per heavy atom. The molecule has 0 saturated heterocycles. The van der Waals surface area contributed by atoms with E-state index >= 15 is 5.21 Å². The first-order chi connectivity index (χ1) is 29.5. The quantitative estimate of drug-likeness (QED) is 0.0810. The zero-order valence-electron chi connectivity index (χ0n) is 37.7. The zero-order chi connectivity index (χ0) is 43.1. The molecule has 61 heavy (non-hydrogen) atoms. The summed E-state index contributed by atoms with van der Waals surface area (Å²) in [6.45, 7) is 18.2. The van der Waals surface area contributed by atoms with Crippen LogP contribution >= 0.6 is 14.1 Å². The highest BCUT2D eigenvalue weighted by Crippen LogP contribution is 2.73. The normalized spacial score (nSPS) is 14.1. The van der Waals surface area contributed by atoms with Crippen molar-refractivity contribution < 1.29 is 0 Å². The summed E-state index contributed by atoms with van der Waals surface area (Å²) < 4.78 is 13.0. The Morgan fingerprint density at radius 3 is 0.951 bits per heavy atom. The van der Waals surface area contributed by atoms with E-state index in [9.17, 15) is 0 Å². The molecule has 0 spiro atoms. The van der Waals surface area contributed by atoms with Gasteiger partial charge in [-0.05, 0) is 86.0 Å². The molecule has 1 saturated carbocycles. The molecule has 0 unspecified atom stereocenters. The number of hydrogen-bond donors (Lipinski definition) is 0. The number of benzene rings is 6. The molecule has 0 aromatic heterocycles.